The number of nitrogens with zero attached hydrogens (tertiary/aromatic N) is 1. The Morgan fingerprint density at radius 2 is 2.06 bits per heavy atom. The fourth-order valence-corrected chi connectivity index (χ4v) is 2.03. The summed E-state index contributed by atoms with van der Waals surface area (Å²) in [4.78, 5) is 24.0. The van der Waals surface area contributed by atoms with E-state index in [2.05, 4.69) is 11.4 Å². The van der Waals surface area contributed by atoms with E-state index in [1.54, 1.807) is 4.90 Å². The molecule has 2 rings (SSSR count). The molecule has 0 aromatic carbocycles. The average molecular weight is 224 g/mol. The molecule has 0 unspecified atom stereocenters. The lowest BCUT2D eigenvalue weighted by atomic mass is 9.80. The quantitative estimate of drug-likeness (QED) is 0.682. The van der Waals surface area contributed by atoms with Crippen molar-refractivity contribution in [1.29, 1.82) is 0 Å². The van der Waals surface area contributed by atoms with Crippen molar-refractivity contribution in [3.63, 3.8) is 0 Å². The van der Waals surface area contributed by atoms with Crippen LogP contribution in [-0.2, 0) is 4.79 Å². The molecule has 2 aliphatic rings. The first-order chi connectivity index (χ1) is 7.66. The number of nitrogens with one attached hydrogen (secondary N) is 1. The van der Waals surface area contributed by atoms with Crippen LogP contribution in [0.25, 0.3) is 0 Å². The van der Waals surface area contributed by atoms with Crippen molar-refractivity contribution in [3.8, 4) is 0 Å². The molecule has 1 aliphatic heterocycles. The van der Waals surface area contributed by atoms with Gasteiger partial charge in [-0.15, -0.1) is 0 Å². The van der Waals surface area contributed by atoms with Gasteiger partial charge in [-0.25, -0.2) is 4.79 Å². The van der Waals surface area contributed by atoms with E-state index in [1.807, 2.05) is 6.08 Å². The third-order valence-electron chi connectivity index (χ3n) is 3.16. The fourth-order valence-electron chi connectivity index (χ4n) is 2.03. The van der Waals surface area contributed by atoms with Crippen molar-refractivity contribution < 1.29 is 14.7 Å². The van der Waals surface area contributed by atoms with Crippen LogP contribution < -0.4 is 5.32 Å². The van der Waals surface area contributed by atoms with Crippen molar-refractivity contribution >= 4 is 12.0 Å². The van der Waals surface area contributed by atoms with Gasteiger partial charge in [0.05, 0.1) is 5.92 Å². The molecule has 2 amide bonds. The van der Waals surface area contributed by atoms with Crippen molar-refractivity contribution in [1.82, 2.24) is 10.2 Å². The monoisotopic (exact) mass is 224 g/mol. The van der Waals surface area contributed by atoms with Gasteiger partial charge >= 0.3 is 12.0 Å². The van der Waals surface area contributed by atoms with Gasteiger partial charge in [0.2, 0.25) is 0 Å². The number of aliphatic carboxylic acids is 1. The minimum Gasteiger partial charge on any atom is -0.481 e. The first-order valence-corrected chi connectivity index (χ1v) is 5.60. The second kappa shape index (κ2) is 4.55. The molecular weight excluding hydrogens is 208 g/mol. The minimum absolute atomic E-state index is 0.0412. The van der Waals surface area contributed by atoms with Crippen LogP contribution in [0.15, 0.2) is 12.2 Å². The highest BCUT2D eigenvalue weighted by atomic mass is 16.4. The second-order valence-electron chi connectivity index (χ2n) is 4.36. The van der Waals surface area contributed by atoms with Crippen LogP contribution >= 0.6 is 0 Å². The molecule has 1 heterocycles. The summed E-state index contributed by atoms with van der Waals surface area (Å²) in [6, 6.07) is -0.0299. The molecule has 1 fully saturated rings. The Kier molecular flexibility index (Phi) is 3.12. The van der Waals surface area contributed by atoms with Gasteiger partial charge in [0, 0.05) is 19.1 Å². The number of hydrogen-bond acceptors (Lipinski definition) is 2. The lowest BCUT2D eigenvalue weighted by Gasteiger charge is -2.35. The molecule has 16 heavy (non-hydrogen) atoms. The lowest BCUT2D eigenvalue weighted by molar-refractivity contribution is -0.145. The number of urea groups is 1. The summed E-state index contributed by atoms with van der Waals surface area (Å²) in [6.07, 6.45) is 6.06. The molecule has 88 valence electrons. The zero-order valence-electron chi connectivity index (χ0n) is 9.06. The summed E-state index contributed by atoms with van der Waals surface area (Å²) >= 11 is 0. The highest BCUT2D eigenvalue weighted by Crippen LogP contribution is 2.27. The van der Waals surface area contributed by atoms with Crippen LogP contribution in [0.2, 0.25) is 0 Å². The van der Waals surface area contributed by atoms with E-state index in [9.17, 15) is 9.59 Å². The Morgan fingerprint density at radius 3 is 2.62 bits per heavy atom. The molecule has 0 aromatic rings. The first-order valence-electron chi connectivity index (χ1n) is 5.60. The maximum absolute atomic E-state index is 11.7. The Morgan fingerprint density at radius 1 is 1.31 bits per heavy atom. The van der Waals surface area contributed by atoms with Crippen LogP contribution in [0.5, 0.6) is 0 Å². The average Bonchev–Trinajstić information content (AvgIpc) is 2.23. The molecule has 2 N–H and O–H groups in total. The first kappa shape index (κ1) is 11.0. The second-order valence-corrected chi connectivity index (χ2v) is 4.36. The Hall–Kier alpha value is -1.52. The van der Waals surface area contributed by atoms with Gasteiger partial charge in [-0.3, -0.25) is 4.79 Å². The van der Waals surface area contributed by atoms with Crippen LogP contribution in [0.3, 0.4) is 0 Å². The Bertz CT molecular complexity index is 321. The highest BCUT2D eigenvalue weighted by molar-refractivity contribution is 5.76. The maximum atomic E-state index is 11.7. The predicted molar refractivity (Wildman–Crippen MR) is 58.0 cm³/mol. The molecule has 0 bridgehead atoms. The van der Waals surface area contributed by atoms with Crippen LogP contribution in [0, 0.1) is 5.92 Å². The summed E-state index contributed by atoms with van der Waals surface area (Å²) in [5, 5.41) is 11.6. The van der Waals surface area contributed by atoms with Gasteiger partial charge < -0.3 is 15.3 Å². The summed E-state index contributed by atoms with van der Waals surface area (Å²) in [5.74, 6) is -1.03. The van der Waals surface area contributed by atoms with Crippen LogP contribution in [0.1, 0.15) is 19.3 Å². The smallest absolute Gasteiger partial charge is 0.317 e. The standard InChI is InChI=1S/C11H16N2O3/c14-10(15)8-6-9(7-8)12-11(16)13-4-2-1-3-5-13/h1-2,8-9H,3-7H2,(H,12,16)(H,14,15). The summed E-state index contributed by atoms with van der Waals surface area (Å²) in [7, 11) is 0. The molecule has 0 spiro atoms. The molecule has 0 saturated heterocycles. The molecule has 0 atom stereocenters. The predicted octanol–water partition coefficient (Wildman–Crippen LogP) is 0.821. The van der Waals surface area contributed by atoms with Gasteiger partial charge in [0.1, 0.15) is 0 Å². The highest BCUT2D eigenvalue weighted by Gasteiger charge is 2.35. The fraction of sp³-hybridized carbons (Fsp3) is 0.636. The normalized spacial score (nSPS) is 28.4. The molecule has 5 heteroatoms. The zero-order valence-corrected chi connectivity index (χ0v) is 9.06. The van der Waals surface area contributed by atoms with Gasteiger partial charge in [0.15, 0.2) is 0 Å². The van der Waals surface area contributed by atoms with E-state index in [4.69, 9.17) is 5.11 Å². The number of hydrogen-bond donors (Lipinski definition) is 2. The number of rotatable bonds is 2. The van der Waals surface area contributed by atoms with Gasteiger partial charge in [-0.1, -0.05) is 12.2 Å². The topological polar surface area (TPSA) is 69.6 Å². The van der Waals surface area contributed by atoms with Crippen molar-refractivity contribution in [3.05, 3.63) is 12.2 Å². The largest absolute Gasteiger partial charge is 0.481 e. The van der Waals surface area contributed by atoms with Gasteiger partial charge in [0.25, 0.3) is 0 Å². The zero-order chi connectivity index (χ0) is 11.5. The van der Waals surface area contributed by atoms with Crippen molar-refractivity contribution in [2.45, 2.75) is 25.3 Å². The molecule has 1 aliphatic carbocycles. The van der Waals surface area contributed by atoms with E-state index in [0.717, 1.165) is 13.0 Å². The van der Waals surface area contributed by atoms with Crippen LogP contribution in [-0.4, -0.2) is 41.1 Å². The third kappa shape index (κ3) is 2.35. The van der Waals surface area contributed by atoms with E-state index in [0.29, 0.717) is 19.4 Å². The summed E-state index contributed by atoms with van der Waals surface area (Å²) in [6.45, 7) is 1.40. The van der Waals surface area contributed by atoms with Gasteiger partial charge in [-0.2, -0.15) is 0 Å². The number of carboxylic acids is 1. The third-order valence-corrected chi connectivity index (χ3v) is 3.16. The van der Waals surface area contributed by atoms with E-state index in [1.165, 1.54) is 0 Å². The van der Waals surface area contributed by atoms with Crippen LogP contribution in [0.4, 0.5) is 4.79 Å². The number of carboxylic acid groups (broad SMARTS) is 1. The number of amides is 2. The van der Waals surface area contributed by atoms with E-state index >= 15 is 0 Å². The summed E-state index contributed by atoms with van der Waals surface area (Å²) in [5.41, 5.74) is 0. The minimum atomic E-state index is -0.758. The molecule has 5 nitrogen and oxygen atoms in total. The Balaban J connectivity index is 1.73. The molecule has 1 saturated carbocycles. The summed E-state index contributed by atoms with van der Waals surface area (Å²) < 4.78 is 0. The molecule has 0 radical (unpaired) electrons. The van der Waals surface area contributed by atoms with E-state index in [-0.39, 0.29) is 18.0 Å². The van der Waals surface area contributed by atoms with Gasteiger partial charge in [-0.05, 0) is 19.3 Å². The maximum Gasteiger partial charge on any atom is 0.317 e. The van der Waals surface area contributed by atoms with Crippen molar-refractivity contribution in [2.75, 3.05) is 13.1 Å². The van der Waals surface area contributed by atoms with Crippen molar-refractivity contribution in [2.24, 2.45) is 5.92 Å². The molecular formula is C11H16N2O3. The number of carbonyl (C=O) groups is 2. The SMILES string of the molecule is O=C(O)C1CC(NC(=O)N2CC=CCC2)C1. The number of carbonyl (C=O) groups excluding carboxylic acids is 1. The lowest BCUT2D eigenvalue weighted by Crippen LogP contribution is -2.51. The molecule has 0 aromatic heterocycles. The van der Waals surface area contributed by atoms with E-state index < -0.39 is 5.97 Å². The Labute approximate surface area is 94.1 Å².